The zero-order chi connectivity index (χ0) is 22.2. The highest BCUT2D eigenvalue weighted by Crippen LogP contribution is 2.35. The van der Waals surface area contributed by atoms with Gasteiger partial charge in [-0.05, 0) is 36.0 Å². The molecule has 3 atom stereocenters. The maximum absolute atomic E-state index is 12.0. The van der Waals surface area contributed by atoms with Crippen LogP contribution in [0.4, 0.5) is 0 Å². The monoisotopic (exact) mass is 406 g/mol. The Morgan fingerprint density at radius 2 is 2.10 bits per heavy atom. The zero-order valence-electron chi connectivity index (χ0n) is 18.9. The summed E-state index contributed by atoms with van der Waals surface area (Å²) in [6, 6.07) is 1.39. The molecule has 7 heteroatoms. The van der Waals surface area contributed by atoms with E-state index in [1.807, 2.05) is 11.0 Å². The number of carbonyl (C=O) groups is 3. The number of rotatable bonds is 5. The van der Waals surface area contributed by atoms with E-state index in [2.05, 4.69) is 52.2 Å². The number of likely N-dealkylation sites (tertiary alicyclic amines) is 1. The van der Waals surface area contributed by atoms with Gasteiger partial charge in [-0.15, -0.1) is 0 Å². The Labute approximate surface area is 175 Å². The third-order valence-electron chi connectivity index (χ3n) is 5.81. The summed E-state index contributed by atoms with van der Waals surface area (Å²) >= 11 is 0. The van der Waals surface area contributed by atoms with Crippen LogP contribution in [0.15, 0.2) is 0 Å². The maximum atomic E-state index is 12.0. The minimum absolute atomic E-state index is 0.0100. The molecule has 3 unspecified atom stereocenters. The van der Waals surface area contributed by atoms with Crippen LogP contribution in [0.3, 0.4) is 0 Å². The Morgan fingerprint density at radius 1 is 1.45 bits per heavy atom. The molecule has 0 spiro atoms. The molecule has 0 bridgehead atoms. The second-order valence-electron chi connectivity index (χ2n) is 10.2. The van der Waals surface area contributed by atoms with E-state index in [1.54, 1.807) is 0 Å². The van der Waals surface area contributed by atoms with Crippen LogP contribution in [0.2, 0.25) is 0 Å². The van der Waals surface area contributed by atoms with Crippen molar-refractivity contribution in [2.45, 2.75) is 73.3 Å². The molecule has 29 heavy (non-hydrogen) atoms. The van der Waals surface area contributed by atoms with Crippen LogP contribution in [0.1, 0.15) is 67.2 Å². The van der Waals surface area contributed by atoms with Gasteiger partial charge in [-0.25, -0.2) is 0 Å². The predicted octanol–water partition coefficient (Wildman–Crippen LogP) is 2.47. The number of amides is 3. The molecule has 2 aliphatic rings. The number of hydrogen-bond donors (Lipinski definition) is 2. The number of piperidine rings is 1. The number of nitrogens with zero attached hydrogens (tertiary/aromatic N) is 2. The lowest BCUT2D eigenvalue weighted by molar-refractivity contribution is -0.132. The zero-order valence-corrected chi connectivity index (χ0v) is 18.9. The summed E-state index contributed by atoms with van der Waals surface area (Å²) in [6.45, 7) is 15.7. The topological polar surface area (TPSA) is 102 Å². The van der Waals surface area contributed by atoms with Gasteiger partial charge in [0.25, 0.3) is 0 Å². The molecule has 7 nitrogen and oxygen atoms in total. The van der Waals surface area contributed by atoms with Crippen LogP contribution in [0, 0.1) is 34.0 Å². The molecule has 2 N–H and O–H groups in total. The van der Waals surface area contributed by atoms with Gasteiger partial charge in [0.1, 0.15) is 6.04 Å². The highest BCUT2D eigenvalue weighted by molar-refractivity contribution is 5.79. The summed E-state index contributed by atoms with van der Waals surface area (Å²) in [6.07, 6.45) is 3.30. The quantitative estimate of drug-likeness (QED) is 0.685. The van der Waals surface area contributed by atoms with Crippen molar-refractivity contribution in [2.75, 3.05) is 19.6 Å². The highest BCUT2D eigenvalue weighted by atomic mass is 16.2. The van der Waals surface area contributed by atoms with Gasteiger partial charge in [-0.1, -0.05) is 41.5 Å². The molecule has 164 valence electrons. The van der Waals surface area contributed by atoms with E-state index in [4.69, 9.17) is 5.26 Å². The van der Waals surface area contributed by atoms with E-state index in [9.17, 15) is 14.4 Å². The van der Waals surface area contributed by atoms with Crippen molar-refractivity contribution in [3.05, 3.63) is 0 Å². The molecule has 0 radical (unpaired) electrons. The molecule has 2 fully saturated rings. The lowest BCUT2D eigenvalue weighted by atomic mass is 9.84. The molecular formula is C22H38N4O3. The van der Waals surface area contributed by atoms with E-state index >= 15 is 0 Å². The fourth-order valence-corrected chi connectivity index (χ4v) is 3.63. The third-order valence-corrected chi connectivity index (χ3v) is 5.81. The van der Waals surface area contributed by atoms with Gasteiger partial charge in [0.15, 0.2) is 0 Å². The first kappa shape index (κ1) is 24.9. The summed E-state index contributed by atoms with van der Waals surface area (Å²) in [5.74, 6) is 0.784. The molecule has 2 aliphatic heterocycles. The minimum atomic E-state index is -0.554. The molecule has 2 rings (SSSR count). The van der Waals surface area contributed by atoms with Crippen LogP contribution in [0.25, 0.3) is 0 Å². The summed E-state index contributed by atoms with van der Waals surface area (Å²) in [5.41, 5.74) is 0.389. The van der Waals surface area contributed by atoms with Crippen LogP contribution >= 0.6 is 0 Å². The standard InChI is InChI=1S/C13H25NO.C9H13N3O2/c1-10-8-14(9-13(10,5)6)11(15)7-12(2,3)4;10-5-8(12-6-13)4-7-2-1-3-11-9(7)14/h10H,7-9H2,1-6H3;6-8H,1-4H2,(H,11,14)(H,12,13). The fourth-order valence-electron chi connectivity index (χ4n) is 3.63. The van der Waals surface area contributed by atoms with Gasteiger partial charge in [0.05, 0.1) is 6.07 Å². The molecule has 3 amide bonds. The van der Waals surface area contributed by atoms with Crippen LogP contribution in [-0.4, -0.2) is 48.8 Å². The SMILES string of the molecule is CC1CN(C(=O)CC(C)(C)C)CC1(C)C.N#CC(CC1CCCNC1=O)NC=O. The molecule has 0 aromatic carbocycles. The van der Waals surface area contributed by atoms with E-state index in [0.717, 1.165) is 25.9 Å². The van der Waals surface area contributed by atoms with Crippen molar-refractivity contribution in [3.63, 3.8) is 0 Å². The van der Waals surface area contributed by atoms with Gasteiger partial charge in [-0.2, -0.15) is 5.26 Å². The average molecular weight is 407 g/mol. The fraction of sp³-hybridized carbons (Fsp3) is 0.818. The summed E-state index contributed by atoms with van der Waals surface area (Å²) < 4.78 is 0. The summed E-state index contributed by atoms with van der Waals surface area (Å²) in [4.78, 5) is 35.5. The van der Waals surface area contributed by atoms with Gasteiger partial charge in [0.2, 0.25) is 18.2 Å². The highest BCUT2D eigenvalue weighted by Gasteiger charge is 2.38. The molecule has 2 heterocycles. The number of carbonyl (C=O) groups excluding carboxylic acids is 3. The van der Waals surface area contributed by atoms with E-state index in [1.165, 1.54) is 0 Å². The van der Waals surface area contributed by atoms with Crippen LogP contribution < -0.4 is 10.6 Å². The minimum Gasteiger partial charge on any atom is -0.356 e. The van der Waals surface area contributed by atoms with Crippen LogP contribution in [0.5, 0.6) is 0 Å². The molecule has 2 saturated heterocycles. The van der Waals surface area contributed by atoms with E-state index in [0.29, 0.717) is 37.6 Å². The molecule has 0 aromatic rings. The Morgan fingerprint density at radius 3 is 2.55 bits per heavy atom. The van der Waals surface area contributed by atoms with Crippen molar-refractivity contribution in [1.82, 2.24) is 15.5 Å². The van der Waals surface area contributed by atoms with E-state index < -0.39 is 6.04 Å². The second-order valence-corrected chi connectivity index (χ2v) is 10.2. The van der Waals surface area contributed by atoms with Gasteiger partial charge in [0, 0.05) is 32.0 Å². The largest absolute Gasteiger partial charge is 0.356 e. The first-order chi connectivity index (χ1) is 13.4. The molecular weight excluding hydrogens is 368 g/mol. The third kappa shape index (κ3) is 8.43. The van der Waals surface area contributed by atoms with E-state index in [-0.39, 0.29) is 22.7 Å². The first-order valence-electron chi connectivity index (χ1n) is 10.5. The van der Waals surface area contributed by atoms with Crippen molar-refractivity contribution < 1.29 is 14.4 Å². The Kier molecular flexibility index (Phi) is 9.13. The van der Waals surface area contributed by atoms with Gasteiger partial charge < -0.3 is 15.5 Å². The lowest BCUT2D eigenvalue weighted by Gasteiger charge is -2.24. The Bertz CT molecular complexity index is 619. The average Bonchev–Trinajstić information content (AvgIpc) is 2.89. The summed E-state index contributed by atoms with van der Waals surface area (Å²) in [5, 5.41) is 13.8. The first-order valence-corrected chi connectivity index (χ1v) is 10.5. The summed E-state index contributed by atoms with van der Waals surface area (Å²) in [7, 11) is 0. The van der Waals surface area contributed by atoms with Crippen molar-refractivity contribution in [1.29, 1.82) is 5.26 Å². The van der Waals surface area contributed by atoms with Crippen molar-refractivity contribution in [3.8, 4) is 6.07 Å². The molecule has 0 saturated carbocycles. The smallest absolute Gasteiger partial charge is 0.223 e. The predicted molar refractivity (Wildman–Crippen MR) is 113 cm³/mol. The normalized spacial score (nSPS) is 24.4. The molecule has 0 aliphatic carbocycles. The number of nitriles is 1. The Balaban J connectivity index is 0.000000291. The van der Waals surface area contributed by atoms with Crippen molar-refractivity contribution >= 4 is 18.2 Å². The van der Waals surface area contributed by atoms with Gasteiger partial charge in [-0.3, -0.25) is 14.4 Å². The van der Waals surface area contributed by atoms with Crippen molar-refractivity contribution in [2.24, 2.45) is 22.7 Å². The number of hydrogen-bond acceptors (Lipinski definition) is 4. The second kappa shape index (κ2) is 10.6. The Hall–Kier alpha value is -2.10. The lowest BCUT2D eigenvalue weighted by Crippen LogP contribution is -2.40. The number of nitrogens with one attached hydrogen (secondary N) is 2. The van der Waals surface area contributed by atoms with Gasteiger partial charge >= 0.3 is 0 Å². The molecule has 0 aromatic heterocycles. The maximum Gasteiger partial charge on any atom is 0.223 e. The van der Waals surface area contributed by atoms with Crippen LogP contribution in [-0.2, 0) is 14.4 Å².